The molecule has 0 saturated carbocycles. The summed E-state index contributed by atoms with van der Waals surface area (Å²) in [5.41, 5.74) is 5.70. The van der Waals surface area contributed by atoms with Crippen LogP contribution in [0, 0.1) is 16.7 Å². The summed E-state index contributed by atoms with van der Waals surface area (Å²) in [6.45, 7) is 5.54. The number of aliphatic hydroxyl groups excluding tert-OH is 1. The number of rotatable bonds is 5. The molecule has 1 aromatic carbocycles. The fraction of sp³-hybridized carbons (Fsp3) is 0.500. The topological polar surface area (TPSA) is 116 Å². The van der Waals surface area contributed by atoms with Crippen LogP contribution in [-0.4, -0.2) is 26.2 Å². The first-order chi connectivity index (χ1) is 9.61. The second-order valence-electron chi connectivity index (χ2n) is 5.92. The first-order valence-corrected chi connectivity index (χ1v) is 8.03. The van der Waals surface area contributed by atoms with E-state index in [1.807, 2.05) is 26.8 Å². The van der Waals surface area contributed by atoms with E-state index in [1.165, 1.54) is 18.2 Å². The van der Waals surface area contributed by atoms with Crippen LogP contribution in [0.4, 0.5) is 5.69 Å². The van der Waals surface area contributed by atoms with E-state index in [1.54, 1.807) is 0 Å². The third kappa shape index (κ3) is 4.43. The van der Waals surface area contributed by atoms with Crippen molar-refractivity contribution in [1.29, 1.82) is 5.26 Å². The number of nitrogens with two attached hydrogens (primary N) is 1. The number of nitriles is 1. The largest absolute Gasteiger partial charge is 0.398 e. The van der Waals surface area contributed by atoms with E-state index in [2.05, 4.69) is 4.72 Å². The summed E-state index contributed by atoms with van der Waals surface area (Å²) in [6.07, 6.45) is 0.304. The highest BCUT2D eigenvalue weighted by atomic mass is 32.2. The Morgan fingerprint density at radius 3 is 2.48 bits per heavy atom. The molecule has 1 rings (SSSR count). The number of sulfonamides is 1. The molecule has 0 radical (unpaired) electrons. The standard InChI is InChI=1S/C14H21N3O3S/c1-14(2,3)13(6-7-18)17-21(19,20)12-5-4-10(9-15)8-11(12)16/h4-5,8,13,17-18H,6-7,16H2,1-3H3. The summed E-state index contributed by atoms with van der Waals surface area (Å²) >= 11 is 0. The molecule has 6 nitrogen and oxygen atoms in total. The number of hydrogen-bond acceptors (Lipinski definition) is 5. The second-order valence-corrected chi connectivity index (χ2v) is 7.60. The van der Waals surface area contributed by atoms with Gasteiger partial charge in [-0.2, -0.15) is 5.26 Å². The Labute approximate surface area is 125 Å². The number of nitrogen functional groups attached to an aromatic ring is 1. The van der Waals surface area contributed by atoms with Gasteiger partial charge in [0.15, 0.2) is 0 Å². The van der Waals surface area contributed by atoms with Gasteiger partial charge in [0.25, 0.3) is 0 Å². The molecule has 0 aliphatic heterocycles. The average Bonchev–Trinajstić information content (AvgIpc) is 2.36. The predicted octanol–water partition coefficient (Wildman–Crippen LogP) is 1.22. The smallest absolute Gasteiger partial charge is 0.242 e. The van der Waals surface area contributed by atoms with E-state index in [9.17, 15) is 8.42 Å². The van der Waals surface area contributed by atoms with E-state index in [0.29, 0.717) is 12.0 Å². The molecule has 0 bridgehead atoms. The zero-order valence-corrected chi connectivity index (χ0v) is 13.2. The molecule has 1 unspecified atom stereocenters. The molecule has 4 N–H and O–H groups in total. The van der Waals surface area contributed by atoms with Crippen molar-refractivity contribution in [3.05, 3.63) is 23.8 Å². The summed E-state index contributed by atoms with van der Waals surface area (Å²) in [7, 11) is -3.82. The number of nitrogens with one attached hydrogen (secondary N) is 1. The number of anilines is 1. The SMILES string of the molecule is CC(C)(C)C(CCO)NS(=O)(=O)c1ccc(C#N)cc1N. The van der Waals surface area contributed by atoms with Gasteiger partial charge in [-0.3, -0.25) is 0 Å². The maximum absolute atomic E-state index is 12.4. The summed E-state index contributed by atoms with van der Waals surface area (Å²) in [6, 6.07) is 5.52. The summed E-state index contributed by atoms with van der Waals surface area (Å²) in [5.74, 6) is 0. The van der Waals surface area contributed by atoms with Gasteiger partial charge in [0, 0.05) is 12.6 Å². The highest BCUT2D eigenvalue weighted by Gasteiger charge is 2.30. The lowest BCUT2D eigenvalue weighted by Crippen LogP contribution is -2.44. The van der Waals surface area contributed by atoms with Crippen LogP contribution in [-0.2, 0) is 10.0 Å². The molecule has 0 saturated heterocycles. The Morgan fingerprint density at radius 2 is 2.05 bits per heavy atom. The zero-order valence-electron chi connectivity index (χ0n) is 12.4. The Kier molecular flexibility index (Phi) is 5.34. The van der Waals surface area contributed by atoms with Gasteiger partial charge in [0.1, 0.15) is 4.90 Å². The average molecular weight is 311 g/mol. The first-order valence-electron chi connectivity index (χ1n) is 6.54. The fourth-order valence-electron chi connectivity index (χ4n) is 1.91. The molecule has 0 amide bonds. The quantitative estimate of drug-likeness (QED) is 0.707. The predicted molar refractivity (Wildman–Crippen MR) is 80.8 cm³/mol. The van der Waals surface area contributed by atoms with Crippen molar-refractivity contribution in [3.8, 4) is 6.07 Å². The molecule has 0 heterocycles. The highest BCUT2D eigenvalue weighted by Crippen LogP contribution is 2.25. The third-order valence-corrected chi connectivity index (χ3v) is 4.73. The minimum Gasteiger partial charge on any atom is -0.398 e. The number of aliphatic hydroxyl groups is 1. The lowest BCUT2D eigenvalue weighted by atomic mass is 9.86. The molecule has 1 aromatic rings. The van der Waals surface area contributed by atoms with Crippen molar-refractivity contribution in [3.63, 3.8) is 0 Å². The van der Waals surface area contributed by atoms with Gasteiger partial charge in [-0.15, -0.1) is 0 Å². The summed E-state index contributed by atoms with van der Waals surface area (Å²) in [5, 5.41) is 17.9. The van der Waals surface area contributed by atoms with Crippen LogP contribution >= 0.6 is 0 Å². The minimum atomic E-state index is -3.82. The molecule has 0 aliphatic carbocycles. The van der Waals surface area contributed by atoms with E-state index < -0.39 is 16.1 Å². The summed E-state index contributed by atoms with van der Waals surface area (Å²) in [4.78, 5) is -0.0614. The van der Waals surface area contributed by atoms with E-state index in [0.717, 1.165) is 0 Å². The number of hydrogen-bond donors (Lipinski definition) is 3. The molecule has 0 aliphatic rings. The minimum absolute atomic E-state index is 0.0261. The molecule has 7 heteroatoms. The molecule has 116 valence electrons. The Hall–Kier alpha value is -1.62. The van der Waals surface area contributed by atoms with Crippen molar-refractivity contribution in [2.75, 3.05) is 12.3 Å². The Balaban J connectivity index is 3.14. The Morgan fingerprint density at radius 1 is 1.43 bits per heavy atom. The monoisotopic (exact) mass is 311 g/mol. The van der Waals surface area contributed by atoms with Crippen LogP contribution in [0.25, 0.3) is 0 Å². The van der Waals surface area contributed by atoms with E-state index in [4.69, 9.17) is 16.1 Å². The summed E-state index contributed by atoms with van der Waals surface area (Å²) < 4.78 is 27.4. The molecule has 21 heavy (non-hydrogen) atoms. The van der Waals surface area contributed by atoms with Gasteiger partial charge in [-0.1, -0.05) is 20.8 Å². The molecule has 0 spiro atoms. The second kappa shape index (κ2) is 6.43. The van der Waals surface area contributed by atoms with Crippen LogP contribution < -0.4 is 10.5 Å². The number of nitrogens with zero attached hydrogens (tertiary/aromatic N) is 1. The van der Waals surface area contributed by atoms with Crippen LogP contribution in [0.15, 0.2) is 23.1 Å². The lowest BCUT2D eigenvalue weighted by Gasteiger charge is -2.31. The van der Waals surface area contributed by atoms with Gasteiger partial charge < -0.3 is 10.8 Å². The van der Waals surface area contributed by atoms with Crippen molar-refractivity contribution in [2.24, 2.45) is 5.41 Å². The van der Waals surface area contributed by atoms with Crippen molar-refractivity contribution in [1.82, 2.24) is 4.72 Å². The molecule has 0 aromatic heterocycles. The van der Waals surface area contributed by atoms with Crippen LogP contribution in [0.1, 0.15) is 32.8 Å². The Bertz CT molecular complexity index is 642. The lowest BCUT2D eigenvalue weighted by molar-refractivity contribution is 0.214. The van der Waals surface area contributed by atoms with Gasteiger partial charge in [0.05, 0.1) is 17.3 Å². The maximum atomic E-state index is 12.4. The molecule has 0 fully saturated rings. The van der Waals surface area contributed by atoms with Gasteiger partial charge in [0.2, 0.25) is 10.0 Å². The third-order valence-electron chi connectivity index (χ3n) is 3.19. The van der Waals surface area contributed by atoms with Crippen LogP contribution in [0.3, 0.4) is 0 Å². The molecular formula is C14H21N3O3S. The van der Waals surface area contributed by atoms with E-state index in [-0.39, 0.29) is 22.6 Å². The van der Waals surface area contributed by atoms with Crippen LogP contribution in [0.5, 0.6) is 0 Å². The number of benzene rings is 1. The fourth-order valence-corrected chi connectivity index (χ4v) is 3.50. The molecule has 1 atom stereocenters. The molecular weight excluding hydrogens is 290 g/mol. The van der Waals surface area contributed by atoms with Gasteiger partial charge in [-0.05, 0) is 30.0 Å². The van der Waals surface area contributed by atoms with Crippen molar-refractivity contribution in [2.45, 2.75) is 38.1 Å². The zero-order chi connectivity index (χ0) is 16.3. The highest BCUT2D eigenvalue weighted by molar-refractivity contribution is 7.89. The van der Waals surface area contributed by atoms with E-state index >= 15 is 0 Å². The van der Waals surface area contributed by atoms with Crippen LogP contribution in [0.2, 0.25) is 0 Å². The van der Waals surface area contributed by atoms with Gasteiger partial charge >= 0.3 is 0 Å². The maximum Gasteiger partial charge on any atom is 0.242 e. The van der Waals surface area contributed by atoms with Gasteiger partial charge in [-0.25, -0.2) is 13.1 Å². The first kappa shape index (κ1) is 17.4. The van der Waals surface area contributed by atoms with Crippen molar-refractivity contribution < 1.29 is 13.5 Å². The van der Waals surface area contributed by atoms with Crippen molar-refractivity contribution >= 4 is 15.7 Å². The normalized spacial score (nSPS) is 13.7.